The predicted molar refractivity (Wildman–Crippen MR) is 150 cm³/mol. The van der Waals surface area contributed by atoms with Crippen molar-refractivity contribution in [2.75, 3.05) is 29.0 Å². The van der Waals surface area contributed by atoms with Gasteiger partial charge in [-0.15, -0.1) is 5.10 Å². The molecule has 1 saturated heterocycles. The van der Waals surface area contributed by atoms with Crippen LogP contribution < -0.4 is 21.3 Å². The number of piperidine rings is 1. The summed E-state index contributed by atoms with van der Waals surface area (Å²) in [4.78, 5) is 30.8. The third-order valence-corrected chi connectivity index (χ3v) is 6.53. The minimum atomic E-state index is 0.0553. The van der Waals surface area contributed by atoms with E-state index in [0.717, 1.165) is 48.5 Å². The molecule has 1 fully saturated rings. The van der Waals surface area contributed by atoms with E-state index >= 15 is 0 Å². The highest BCUT2D eigenvalue weighted by Crippen LogP contribution is 2.24. The second kappa shape index (κ2) is 10.8. The van der Waals surface area contributed by atoms with Gasteiger partial charge in [-0.25, -0.2) is 19.5 Å². The second-order valence-corrected chi connectivity index (χ2v) is 9.39. The third kappa shape index (κ3) is 5.68. The highest BCUT2D eigenvalue weighted by Gasteiger charge is 2.20. The van der Waals surface area contributed by atoms with E-state index in [1.165, 1.54) is 0 Å². The molecule has 6 rings (SSSR count). The number of hydrogen-bond donors (Lipinski definition) is 4. The quantitative estimate of drug-likeness (QED) is 0.248. The van der Waals surface area contributed by atoms with Gasteiger partial charge < -0.3 is 21.3 Å². The molecule has 1 amide bonds. The van der Waals surface area contributed by atoms with E-state index in [9.17, 15) is 4.79 Å². The molecule has 39 heavy (non-hydrogen) atoms. The van der Waals surface area contributed by atoms with E-state index in [2.05, 4.69) is 41.3 Å². The Kier molecular flexibility index (Phi) is 6.79. The van der Waals surface area contributed by atoms with Gasteiger partial charge >= 0.3 is 0 Å². The minimum absolute atomic E-state index is 0.0553. The summed E-state index contributed by atoms with van der Waals surface area (Å²) in [6.45, 7) is 3.70. The van der Waals surface area contributed by atoms with Crippen molar-refractivity contribution < 1.29 is 4.79 Å². The number of amides is 1. The zero-order chi connectivity index (χ0) is 26.6. The SMILES string of the molecule is Cc1cccc(-c2nc(Nc3ccnc(Nc4ccc(NC(=O)C5CCNCC5)cc4)n3)c3cccn3n2)n1. The molecule has 5 heterocycles. The van der Waals surface area contributed by atoms with Gasteiger partial charge in [-0.1, -0.05) is 6.07 Å². The van der Waals surface area contributed by atoms with Crippen LogP contribution in [0.5, 0.6) is 0 Å². The van der Waals surface area contributed by atoms with Crippen LogP contribution in [0, 0.1) is 12.8 Å². The average molecular weight is 521 g/mol. The maximum atomic E-state index is 12.5. The molecule has 4 aromatic heterocycles. The standard InChI is InChI=1S/C28H28N10O/c1-18-4-2-5-22(31-18)25-36-26(23-6-3-17-38(23)37-25)34-24-13-16-30-28(35-24)33-21-9-7-20(8-10-21)32-27(39)19-11-14-29-15-12-19/h2-10,13,16-17,19,29H,11-12,14-15H2,1H3,(H,32,39)(H2,30,33,34,35,36,37). The summed E-state index contributed by atoms with van der Waals surface area (Å²) in [6.07, 6.45) is 5.27. The molecule has 0 radical (unpaired) electrons. The number of nitrogens with zero attached hydrogens (tertiary/aromatic N) is 6. The summed E-state index contributed by atoms with van der Waals surface area (Å²) >= 11 is 0. The number of aromatic nitrogens is 6. The summed E-state index contributed by atoms with van der Waals surface area (Å²) in [5, 5.41) is 17.4. The lowest BCUT2D eigenvalue weighted by molar-refractivity contribution is -0.120. The van der Waals surface area contributed by atoms with Gasteiger partial charge in [0.1, 0.15) is 17.0 Å². The smallest absolute Gasteiger partial charge is 0.229 e. The van der Waals surface area contributed by atoms with Crippen molar-refractivity contribution in [2.45, 2.75) is 19.8 Å². The molecule has 11 nitrogen and oxygen atoms in total. The van der Waals surface area contributed by atoms with Gasteiger partial charge in [0.05, 0.1) is 0 Å². The molecule has 0 unspecified atom stereocenters. The molecule has 196 valence electrons. The monoisotopic (exact) mass is 520 g/mol. The maximum Gasteiger partial charge on any atom is 0.229 e. The third-order valence-electron chi connectivity index (χ3n) is 6.53. The molecule has 1 aromatic carbocycles. The highest BCUT2D eigenvalue weighted by atomic mass is 16.1. The molecule has 11 heteroatoms. The molecule has 1 aliphatic rings. The van der Waals surface area contributed by atoms with Crippen LogP contribution in [0.3, 0.4) is 0 Å². The Balaban J connectivity index is 1.17. The fourth-order valence-corrected chi connectivity index (χ4v) is 4.51. The first kappa shape index (κ1) is 24.4. The van der Waals surface area contributed by atoms with Gasteiger partial charge in [0, 0.05) is 35.4 Å². The molecule has 0 spiro atoms. The number of nitrogens with one attached hydrogen (secondary N) is 4. The van der Waals surface area contributed by atoms with Crippen molar-refractivity contribution in [1.29, 1.82) is 0 Å². The normalized spacial score (nSPS) is 13.8. The Morgan fingerprint density at radius 3 is 2.56 bits per heavy atom. The Hall–Kier alpha value is -4.90. The number of anilines is 5. The molecule has 4 N–H and O–H groups in total. The summed E-state index contributed by atoms with van der Waals surface area (Å²) < 4.78 is 1.76. The van der Waals surface area contributed by atoms with E-state index in [1.54, 1.807) is 16.8 Å². The first-order chi connectivity index (χ1) is 19.1. The van der Waals surface area contributed by atoms with Crippen LogP contribution in [0.1, 0.15) is 18.5 Å². The molecule has 0 bridgehead atoms. The van der Waals surface area contributed by atoms with Gasteiger partial charge in [0.25, 0.3) is 0 Å². The van der Waals surface area contributed by atoms with Crippen LogP contribution in [0.25, 0.3) is 17.0 Å². The zero-order valence-corrected chi connectivity index (χ0v) is 21.4. The fraction of sp³-hybridized carbons (Fsp3) is 0.214. The van der Waals surface area contributed by atoms with Crippen molar-refractivity contribution in [3.63, 3.8) is 0 Å². The van der Waals surface area contributed by atoms with Crippen LogP contribution in [0.15, 0.2) is 73.1 Å². The molecular formula is C28H28N10O. The lowest BCUT2D eigenvalue weighted by atomic mass is 9.97. The Bertz CT molecular complexity index is 1610. The van der Waals surface area contributed by atoms with Crippen molar-refractivity contribution in [3.8, 4) is 11.5 Å². The van der Waals surface area contributed by atoms with E-state index in [0.29, 0.717) is 29.1 Å². The Labute approximate surface area is 225 Å². The fourth-order valence-electron chi connectivity index (χ4n) is 4.51. The van der Waals surface area contributed by atoms with Crippen molar-refractivity contribution >= 4 is 40.4 Å². The Morgan fingerprint density at radius 1 is 0.923 bits per heavy atom. The average Bonchev–Trinajstić information content (AvgIpc) is 3.44. The largest absolute Gasteiger partial charge is 0.326 e. The van der Waals surface area contributed by atoms with Gasteiger partial charge in [-0.2, -0.15) is 4.98 Å². The number of rotatable bonds is 7. The lowest BCUT2D eigenvalue weighted by Crippen LogP contribution is -2.34. The summed E-state index contributed by atoms with van der Waals surface area (Å²) in [5.41, 5.74) is 3.95. The molecule has 0 atom stereocenters. The van der Waals surface area contributed by atoms with Gasteiger partial charge in [-0.3, -0.25) is 4.79 Å². The van der Waals surface area contributed by atoms with Gasteiger partial charge in [0.2, 0.25) is 17.7 Å². The van der Waals surface area contributed by atoms with E-state index in [-0.39, 0.29) is 11.8 Å². The number of aryl methyl sites for hydroxylation is 1. The van der Waals surface area contributed by atoms with Gasteiger partial charge in [-0.05, 0) is 87.5 Å². The van der Waals surface area contributed by atoms with Crippen molar-refractivity contribution in [1.82, 2.24) is 34.9 Å². The van der Waals surface area contributed by atoms with Crippen LogP contribution in [-0.4, -0.2) is 48.5 Å². The van der Waals surface area contributed by atoms with Crippen LogP contribution in [0.2, 0.25) is 0 Å². The number of benzene rings is 1. The van der Waals surface area contributed by atoms with E-state index < -0.39 is 0 Å². The van der Waals surface area contributed by atoms with Crippen LogP contribution >= 0.6 is 0 Å². The molecule has 5 aromatic rings. The summed E-state index contributed by atoms with van der Waals surface area (Å²) in [7, 11) is 0. The number of carbonyl (C=O) groups excluding carboxylic acids is 1. The summed E-state index contributed by atoms with van der Waals surface area (Å²) in [6, 6.07) is 18.9. The van der Waals surface area contributed by atoms with E-state index in [4.69, 9.17) is 4.98 Å². The summed E-state index contributed by atoms with van der Waals surface area (Å²) in [5.74, 6) is 2.23. The topological polar surface area (TPSA) is 134 Å². The minimum Gasteiger partial charge on any atom is -0.326 e. The lowest BCUT2D eigenvalue weighted by Gasteiger charge is -2.21. The molecule has 0 aliphatic carbocycles. The molecular weight excluding hydrogens is 492 g/mol. The number of hydrogen-bond acceptors (Lipinski definition) is 9. The maximum absolute atomic E-state index is 12.5. The van der Waals surface area contributed by atoms with Crippen molar-refractivity contribution in [3.05, 3.63) is 78.8 Å². The number of fused-ring (bicyclic) bond motifs is 1. The molecule has 1 aliphatic heterocycles. The van der Waals surface area contributed by atoms with Gasteiger partial charge in [0.15, 0.2) is 5.82 Å². The highest BCUT2D eigenvalue weighted by molar-refractivity contribution is 5.92. The van der Waals surface area contributed by atoms with Crippen LogP contribution in [0.4, 0.5) is 29.0 Å². The van der Waals surface area contributed by atoms with Crippen molar-refractivity contribution in [2.24, 2.45) is 5.92 Å². The number of pyridine rings is 1. The zero-order valence-electron chi connectivity index (χ0n) is 21.4. The second-order valence-electron chi connectivity index (χ2n) is 9.39. The predicted octanol–water partition coefficient (Wildman–Crippen LogP) is 4.32. The number of carbonyl (C=O) groups is 1. The molecule has 0 saturated carbocycles. The van der Waals surface area contributed by atoms with E-state index in [1.807, 2.05) is 67.7 Å². The first-order valence-corrected chi connectivity index (χ1v) is 12.9. The van der Waals surface area contributed by atoms with Crippen LogP contribution in [-0.2, 0) is 4.79 Å². The first-order valence-electron chi connectivity index (χ1n) is 12.9. The Morgan fingerprint density at radius 2 is 1.74 bits per heavy atom.